The molecule has 1 aromatic carbocycles. The third-order valence-corrected chi connectivity index (χ3v) is 4.58. The van der Waals surface area contributed by atoms with E-state index in [0.717, 1.165) is 41.1 Å². The quantitative estimate of drug-likeness (QED) is 0.399. The van der Waals surface area contributed by atoms with Crippen molar-refractivity contribution in [2.45, 2.75) is 32.7 Å². The summed E-state index contributed by atoms with van der Waals surface area (Å²) in [5.41, 5.74) is 1.14. The van der Waals surface area contributed by atoms with Crippen molar-refractivity contribution in [1.82, 2.24) is 15.6 Å². The van der Waals surface area contributed by atoms with Crippen molar-refractivity contribution in [2.75, 3.05) is 27.3 Å². The number of rotatable bonds is 9. The summed E-state index contributed by atoms with van der Waals surface area (Å²) < 4.78 is 10.9. The smallest absolute Gasteiger partial charge is 0.191 e. The second-order valence-electron chi connectivity index (χ2n) is 6.05. The van der Waals surface area contributed by atoms with E-state index < -0.39 is 0 Å². The van der Waals surface area contributed by atoms with Crippen LogP contribution < -0.4 is 20.1 Å². The highest BCUT2D eigenvalue weighted by atomic mass is 32.1. The highest BCUT2D eigenvalue weighted by Gasteiger charge is 2.06. The molecular weight excluding hydrogens is 348 g/mol. The maximum absolute atomic E-state index is 5.73. The number of hydrogen-bond acceptors (Lipinski definition) is 5. The van der Waals surface area contributed by atoms with Gasteiger partial charge in [0.1, 0.15) is 16.5 Å². The van der Waals surface area contributed by atoms with Crippen LogP contribution in [0.1, 0.15) is 36.9 Å². The normalized spacial score (nSPS) is 11.5. The van der Waals surface area contributed by atoms with E-state index in [1.807, 2.05) is 24.3 Å². The zero-order chi connectivity index (χ0) is 18.8. The van der Waals surface area contributed by atoms with Gasteiger partial charge in [-0.1, -0.05) is 19.9 Å². The molecule has 1 aromatic heterocycles. The Bertz CT molecular complexity index is 700. The highest BCUT2D eigenvalue weighted by molar-refractivity contribution is 7.09. The van der Waals surface area contributed by atoms with Crippen LogP contribution >= 0.6 is 11.3 Å². The first kappa shape index (κ1) is 20.0. The minimum absolute atomic E-state index is 0.460. The maximum atomic E-state index is 5.73. The third-order valence-electron chi connectivity index (χ3n) is 3.72. The van der Waals surface area contributed by atoms with Crippen LogP contribution in [-0.4, -0.2) is 38.3 Å². The molecule has 1 heterocycles. The van der Waals surface area contributed by atoms with E-state index in [2.05, 4.69) is 39.8 Å². The highest BCUT2D eigenvalue weighted by Crippen LogP contribution is 2.19. The Hall–Kier alpha value is -2.28. The summed E-state index contributed by atoms with van der Waals surface area (Å²) in [6, 6.07) is 7.63. The lowest BCUT2D eigenvalue weighted by atomic mass is 10.2. The molecule has 0 fully saturated rings. The average molecular weight is 377 g/mol. The minimum atomic E-state index is 0.460. The number of aliphatic imine (C=N–C) groups is 1. The summed E-state index contributed by atoms with van der Waals surface area (Å²) >= 11 is 1.68. The second kappa shape index (κ2) is 10.7. The average Bonchev–Trinajstić information content (AvgIpc) is 3.13. The van der Waals surface area contributed by atoms with Crippen LogP contribution in [0.25, 0.3) is 0 Å². The van der Waals surface area contributed by atoms with Gasteiger partial charge in [0.2, 0.25) is 0 Å². The number of guanidine groups is 1. The van der Waals surface area contributed by atoms with E-state index in [4.69, 9.17) is 9.47 Å². The van der Waals surface area contributed by atoms with E-state index >= 15 is 0 Å². The number of methoxy groups -OCH3 is 1. The Morgan fingerprint density at radius 2 is 2.08 bits per heavy atom. The molecule has 0 atom stereocenters. The van der Waals surface area contributed by atoms with Crippen molar-refractivity contribution >= 4 is 17.3 Å². The molecule has 0 bridgehead atoms. The van der Waals surface area contributed by atoms with Gasteiger partial charge in [-0.3, -0.25) is 4.99 Å². The summed E-state index contributed by atoms with van der Waals surface area (Å²) in [6.07, 6.45) is 0.868. The van der Waals surface area contributed by atoms with Crippen LogP contribution in [0, 0.1) is 0 Å². The number of thiazole rings is 1. The minimum Gasteiger partial charge on any atom is -0.497 e. The van der Waals surface area contributed by atoms with E-state index in [-0.39, 0.29) is 0 Å². The number of aromatic nitrogens is 1. The number of nitrogens with one attached hydrogen (secondary N) is 2. The number of benzene rings is 1. The van der Waals surface area contributed by atoms with Crippen LogP contribution in [0.15, 0.2) is 34.6 Å². The van der Waals surface area contributed by atoms with Crippen molar-refractivity contribution in [3.63, 3.8) is 0 Å². The van der Waals surface area contributed by atoms with Gasteiger partial charge in [-0.2, -0.15) is 0 Å². The molecule has 0 spiro atoms. The van der Waals surface area contributed by atoms with Crippen molar-refractivity contribution in [3.8, 4) is 11.5 Å². The van der Waals surface area contributed by atoms with Crippen LogP contribution in [0.4, 0.5) is 0 Å². The molecule has 0 aliphatic carbocycles. The lowest BCUT2D eigenvalue weighted by Crippen LogP contribution is -2.37. The number of ether oxygens (including phenoxy) is 2. The van der Waals surface area contributed by atoms with Crippen LogP contribution in [-0.2, 0) is 6.54 Å². The van der Waals surface area contributed by atoms with Crippen LogP contribution in [0.3, 0.4) is 0 Å². The van der Waals surface area contributed by atoms with Crippen LogP contribution in [0.5, 0.6) is 11.5 Å². The van der Waals surface area contributed by atoms with Crippen molar-refractivity contribution in [1.29, 1.82) is 0 Å². The molecule has 0 saturated carbocycles. The molecule has 7 heteroatoms. The van der Waals surface area contributed by atoms with Gasteiger partial charge in [0.15, 0.2) is 5.96 Å². The van der Waals surface area contributed by atoms with Gasteiger partial charge >= 0.3 is 0 Å². The largest absolute Gasteiger partial charge is 0.497 e. The van der Waals surface area contributed by atoms with Gasteiger partial charge in [-0.25, -0.2) is 4.98 Å². The van der Waals surface area contributed by atoms with E-state index in [0.29, 0.717) is 19.1 Å². The maximum Gasteiger partial charge on any atom is 0.191 e. The van der Waals surface area contributed by atoms with Gasteiger partial charge in [0.05, 0.1) is 26.0 Å². The van der Waals surface area contributed by atoms with Gasteiger partial charge in [0, 0.05) is 25.0 Å². The molecule has 142 valence electrons. The van der Waals surface area contributed by atoms with Crippen molar-refractivity contribution in [3.05, 3.63) is 40.3 Å². The molecule has 26 heavy (non-hydrogen) atoms. The Labute approximate surface area is 159 Å². The second-order valence-corrected chi connectivity index (χ2v) is 7.00. The summed E-state index contributed by atoms with van der Waals surface area (Å²) in [6.45, 7) is 6.39. The van der Waals surface area contributed by atoms with E-state index in [1.54, 1.807) is 25.5 Å². The lowest BCUT2D eigenvalue weighted by Gasteiger charge is -2.11. The molecule has 2 rings (SSSR count). The summed E-state index contributed by atoms with van der Waals surface area (Å²) in [4.78, 5) is 8.85. The first-order valence-electron chi connectivity index (χ1n) is 8.78. The number of nitrogens with zero attached hydrogens (tertiary/aromatic N) is 2. The topological polar surface area (TPSA) is 67.8 Å². The lowest BCUT2D eigenvalue weighted by molar-refractivity contribution is 0.308. The zero-order valence-electron chi connectivity index (χ0n) is 15.9. The van der Waals surface area contributed by atoms with Gasteiger partial charge in [-0.15, -0.1) is 11.3 Å². The molecule has 2 aromatic rings. The molecular formula is C19H28N4O2S. The van der Waals surface area contributed by atoms with E-state index in [9.17, 15) is 0 Å². The molecule has 0 aliphatic heterocycles. The predicted octanol–water partition coefficient (Wildman–Crippen LogP) is 3.41. The molecule has 0 aliphatic rings. The summed E-state index contributed by atoms with van der Waals surface area (Å²) in [5, 5.41) is 9.77. The molecule has 0 radical (unpaired) electrons. The fraction of sp³-hybridized carbons (Fsp3) is 0.474. The van der Waals surface area contributed by atoms with Crippen molar-refractivity contribution in [2.24, 2.45) is 4.99 Å². The SMILES string of the molecule is CN=C(NCCCOc1cccc(OC)c1)NCc1nc(C(C)C)cs1. The first-order valence-corrected chi connectivity index (χ1v) is 9.66. The Balaban J connectivity index is 1.65. The molecule has 2 N–H and O–H groups in total. The molecule has 6 nitrogen and oxygen atoms in total. The fourth-order valence-electron chi connectivity index (χ4n) is 2.21. The van der Waals surface area contributed by atoms with Gasteiger partial charge in [-0.05, 0) is 24.5 Å². The summed E-state index contributed by atoms with van der Waals surface area (Å²) in [7, 11) is 3.42. The standard InChI is InChI=1S/C19H28N4O2S/c1-14(2)17-13-26-18(23-17)12-22-19(20-3)21-9-6-10-25-16-8-5-7-15(11-16)24-4/h5,7-8,11,13-14H,6,9-10,12H2,1-4H3,(H2,20,21,22). The number of hydrogen-bond donors (Lipinski definition) is 2. The zero-order valence-corrected chi connectivity index (χ0v) is 16.7. The Morgan fingerprint density at radius 1 is 1.27 bits per heavy atom. The van der Waals surface area contributed by atoms with Crippen molar-refractivity contribution < 1.29 is 9.47 Å². The summed E-state index contributed by atoms with van der Waals surface area (Å²) in [5.74, 6) is 2.85. The Morgan fingerprint density at radius 3 is 2.77 bits per heavy atom. The Kier molecular flexibility index (Phi) is 8.21. The van der Waals surface area contributed by atoms with Gasteiger partial charge in [0.25, 0.3) is 0 Å². The van der Waals surface area contributed by atoms with Crippen LogP contribution in [0.2, 0.25) is 0 Å². The molecule has 0 saturated heterocycles. The first-order chi connectivity index (χ1) is 12.6. The molecule has 0 unspecified atom stereocenters. The third kappa shape index (κ3) is 6.55. The molecule has 0 amide bonds. The fourth-order valence-corrected chi connectivity index (χ4v) is 3.11. The predicted molar refractivity (Wildman–Crippen MR) is 108 cm³/mol. The van der Waals surface area contributed by atoms with E-state index in [1.165, 1.54) is 0 Å². The van der Waals surface area contributed by atoms with Gasteiger partial charge < -0.3 is 20.1 Å². The monoisotopic (exact) mass is 376 g/mol.